The maximum atomic E-state index is 9.52. The van der Waals surface area contributed by atoms with Crippen molar-refractivity contribution in [2.75, 3.05) is 23.7 Å². The quantitative estimate of drug-likeness (QED) is 0.768. The van der Waals surface area contributed by atoms with Gasteiger partial charge in [0.2, 0.25) is 0 Å². The zero-order chi connectivity index (χ0) is 11.5. The Morgan fingerprint density at radius 1 is 1.50 bits per heavy atom. The van der Waals surface area contributed by atoms with Crippen LogP contribution in [0.1, 0.15) is 19.8 Å². The Morgan fingerprint density at radius 3 is 2.75 bits per heavy atom. The van der Waals surface area contributed by atoms with E-state index in [-0.39, 0.29) is 6.10 Å². The Kier molecular flexibility index (Phi) is 3.24. The molecule has 1 unspecified atom stereocenters. The fourth-order valence-corrected chi connectivity index (χ4v) is 2.19. The Labute approximate surface area is 95.3 Å². The number of hydrogen-bond donors (Lipinski definition) is 2. The van der Waals surface area contributed by atoms with E-state index in [0.717, 1.165) is 31.7 Å². The minimum atomic E-state index is -0.218. The van der Waals surface area contributed by atoms with E-state index in [1.165, 1.54) is 6.33 Å². The van der Waals surface area contributed by atoms with Gasteiger partial charge in [-0.15, -0.1) is 0 Å². The topological polar surface area (TPSA) is 75.3 Å². The van der Waals surface area contributed by atoms with Gasteiger partial charge in [-0.3, -0.25) is 0 Å². The van der Waals surface area contributed by atoms with Gasteiger partial charge in [-0.05, 0) is 25.7 Å². The van der Waals surface area contributed by atoms with Crippen molar-refractivity contribution in [2.24, 2.45) is 5.92 Å². The molecule has 1 aliphatic rings. The average molecular weight is 222 g/mol. The molecule has 0 bridgehead atoms. The van der Waals surface area contributed by atoms with E-state index in [9.17, 15) is 5.11 Å². The molecule has 1 aromatic rings. The summed E-state index contributed by atoms with van der Waals surface area (Å²) < 4.78 is 0. The first kappa shape index (κ1) is 11.1. The Balaban J connectivity index is 2.02. The van der Waals surface area contributed by atoms with E-state index in [1.807, 2.05) is 6.92 Å². The molecule has 16 heavy (non-hydrogen) atoms. The van der Waals surface area contributed by atoms with E-state index in [1.54, 1.807) is 6.20 Å². The first-order valence-electron chi connectivity index (χ1n) is 5.67. The highest BCUT2D eigenvalue weighted by Crippen LogP contribution is 2.26. The van der Waals surface area contributed by atoms with Crippen LogP contribution >= 0.6 is 0 Å². The fraction of sp³-hybridized carbons (Fsp3) is 0.636. The summed E-state index contributed by atoms with van der Waals surface area (Å²) in [6.07, 6.45) is 4.91. The lowest BCUT2D eigenvalue weighted by molar-refractivity contribution is 0.110. The third kappa shape index (κ3) is 2.24. The molecule has 0 aliphatic carbocycles. The first-order valence-corrected chi connectivity index (χ1v) is 5.67. The van der Waals surface area contributed by atoms with Crippen molar-refractivity contribution in [3.8, 4) is 0 Å². The monoisotopic (exact) mass is 222 g/mol. The van der Waals surface area contributed by atoms with E-state index >= 15 is 0 Å². The molecule has 0 aromatic carbocycles. The molecule has 3 N–H and O–H groups in total. The second-order valence-electron chi connectivity index (χ2n) is 4.37. The molecule has 0 saturated carbocycles. The molecule has 5 nitrogen and oxygen atoms in total. The smallest absolute Gasteiger partial charge is 0.155 e. The molecule has 2 heterocycles. The molecular formula is C11H18N4O. The van der Waals surface area contributed by atoms with Gasteiger partial charge >= 0.3 is 0 Å². The fourth-order valence-electron chi connectivity index (χ4n) is 2.19. The Bertz CT molecular complexity index is 348. The Morgan fingerprint density at radius 2 is 2.19 bits per heavy atom. The number of aliphatic hydroxyl groups excluding tert-OH is 1. The summed E-state index contributed by atoms with van der Waals surface area (Å²) in [5.41, 5.74) is 6.45. The lowest BCUT2D eigenvalue weighted by Crippen LogP contribution is -2.37. The molecule has 1 saturated heterocycles. The van der Waals surface area contributed by atoms with Gasteiger partial charge in [0.25, 0.3) is 0 Å². The molecule has 0 spiro atoms. The maximum absolute atomic E-state index is 9.52. The highest BCUT2D eigenvalue weighted by Gasteiger charge is 2.24. The average Bonchev–Trinajstić information content (AvgIpc) is 2.30. The highest BCUT2D eigenvalue weighted by atomic mass is 16.3. The van der Waals surface area contributed by atoms with Crippen molar-refractivity contribution in [3.63, 3.8) is 0 Å². The van der Waals surface area contributed by atoms with Crippen molar-refractivity contribution in [2.45, 2.75) is 25.9 Å². The van der Waals surface area contributed by atoms with Crippen LogP contribution in [0.4, 0.5) is 11.5 Å². The number of piperidine rings is 1. The van der Waals surface area contributed by atoms with Crippen molar-refractivity contribution in [1.82, 2.24) is 9.97 Å². The van der Waals surface area contributed by atoms with Crippen LogP contribution in [0.2, 0.25) is 0 Å². The van der Waals surface area contributed by atoms with E-state index < -0.39 is 0 Å². The van der Waals surface area contributed by atoms with E-state index in [4.69, 9.17) is 5.73 Å². The van der Waals surface area contributed by atoms with Crippen molar-refractivity contribution >= 4 is 11.5 Å². The van der Waals surface area contributed by atoms with Gasteiger partial charge in [0, 0.05) is 13.1 Å². The number of aliphatic hydroxyl groups is 1. The normalized spacial score (nSPS) is 19.8. The van der Waals surface area contributed by atoms with Gasteiger partial charge in [0.05, 0.1) is 18.0 Å². The molecule has 2 rings (SSSR count). The van der Waals surface area contributed by atoms with Crippen LogP contribution in [0.5, 0.6) is 0 Å². The minimum absolute atomic E-state index is 0.218. The summed E-state index contributed by atoms with van der Waals surface area (Å²) >= 11 is 0. The van der Waals surface area contributed by atoms with Gasteiger partial charge in [0.15, 0.2) is 5.82 Å². The number of nitrogens with zero attached hydrogens (tertiary/aromatic N) is 3. The molecule has 1 aliphatic heterocycles. The number of aromatic nitrogens is 2. The zero-order valence-electron chi connectivity index (χ0n) is 9.50. The van der Waals surface area contributed by atoms with Crippen LogP contribution in [0, 0.1) is 5.92 Å². The number of hydrogen-bond acceptors (Lipinski definition) is 5. The second-order valence-corrected chi connectivity index (χ2v) is 4.37. The molecule has 0 amide bonds. The molecule has 88 valence electrons. The number of nitrogens with two attached hydrogens (primary N) is 1. The van der Waals surface area contributed by atoms with Gasteiger partial charge < -0.3 is 15.7 Å². The van der Waals surface area contributed by atoms with Crippen molar-refractivity contribution < 1.29 is 5.11 Å². The van der Waals surface area contributed by atoms with Crippen LogP contribution in [0.25, 0.3) is 0 Å². The Hall–Kier alpha value is -1.36. The van der Waals surface area contributed by atoms with Crippen molar-refractivity contribution in [3.05, 3.63) is 12.5 Å². The lowest BCUT2D eigenvalue weighted by Gasteiger charge is -2.34. The number of rotatable bonds is 2. The third-order valence-electron chi connectivity index (χ3n) is 3.24. The summed E-state index contributed by atoms with van der Waals surface area (Å²) in [6, 6.07) is 0. The van der Waals surface area contributed by atoms with Crippen LogP contribution < -0.4 is 10.6 Å². The molecule has 1 aromatic heterocycles. The SMILES string of the molecule is CC(O)C1CCN(c2ncncc2N)CC1. The number of nitrogen functional groups attached to an aromatic ring is 1. The molecular weight excluding hydrogens is 204 g/mol. The predicted molar refractivity (Wildman–Crippen MR) is 63.1 cm³/mol. The molecule has 5 heteroatoms. The van der Waals surface area contributed by atoms with Crippen LogP contribution in [-0.4, -0.2) is 34.3 Å². The lowest BCUT2D eigenvalue weighted by atomic mass is 9.92. The third-order valence-corrected chi connectivity index (χ3v) is 3.24. The van der Waals surface area contributed by atoms with Gasteiger partial charge in [-0.1, -0.05) is 0 Å². The van der Waals surface area contributed by atoms with E-state index in [0.29, 0.717) is 11.6 Å². The van der Waals surface area contributed by atoms with Crippen LogP contribution in [-0.2, 0) is 0 Å². The summed E-state index contributed by atoms with van der Waals surface area (Å²) in [6.45, 7) is 3.66. The minimum Gasteiger partial charge on any atom is -0.394 e. The summed E-state index contributed by atoms with van der Waals surface area (Å²) in [7, 11) is 0. The van der Waals surface area contributed by atoms with Crippen LogP contribution in [0.3, 0.4) is 0 Å². The molecule has 1 fully saturated rings. The largest absolute Gasteiger partial charge is 0.394 e. The summed E-state index contributed by atoms with van der Waals surface area (Å²) in [4.78, 5) is 10.2. The van der Waals surface area contributed by atoms with Crippen molar-refractivity contribution in [1.29, 1.82) is 0 Å². The van der Waals surface area contributed by atoms with E-state index in [2.05, 4.69) is 14.9 Å². The van der Waals surface area contributed by atoms with Gasteiger partial charge in [-0.2, -0.15) is 0 Å². The molecule has 1 atom stereocenters. The first-order chi connectivity index (χ1) is 7.68. The predicted octanol–water partition coefficient (Wildman–Crippen LogP) is 0.656. The van der Waals surface area contributed by atoms with Crippen LogP contribution in [0.15, 0.2) is 12.5 Å². The van der Waals surface area contributed by atoms with Gasteiger partial charge in [0.1, 0.15) is 6.33 Å². The summed E-state index contributed by atoms with van der Waals surface area (Å²) in [5.74, 6) is 1.22. The highest BCUT2D eigenvalue weighted by molar-refractivity contribution is 5.60. The second kappa shape index (κ2) is 4.65. The van der Waals surface area contributed by atoms with Gasteiger partial charge in [-0.25, -0.2) is 9.97 Å². The standard InChI is InChI=1S/C11H18N4O/c1-8(16)9-2-4-15(5-3-9)11-10(12)6-13-7-14-11/h6-9,16H,2-5,12H2,1H3. The molecule has 0 radical (unpaired) electrons. The zero-order valence-corrected chi connectivity index (χ0v) is 9.50. The maximum Gasteiger partial charge on any atom is 0.155 e. The number of anilines is 2. The summed E-state index contributed by atoms with van der Waals surface area (Å²) in [5, 5.41) is 9.52.